The molecule has 0 fully saturated rings. The van der Waals surface area contributed by atoms with Gasteiger partial charge in [-0.15, -0.1) is 0 Å². The molecule has 4 heteroatoms. The maximum absolute atomic E-state index is 11.7. The fourth-order valence-corrected chi connectivity index (χ4v) is 1.89. The van der Waals surface area contributed by atoms with Gasteiger partial charge in [0, 0.05) is 0 Å². The number of alkyl halides is 1. The van der Waals surface area contributed by atoms with Gasteiger partial charge in [-0.1, -0.05) is 41.9 Å². The zero-order valence-corrected chi connectivity index (χ0v) is 10.4. The highest BCUT2D eigenvalue weighted by molar-refractivity contribution is 6.29. The summed E-state index contributed by atoms with van der Waals surface area (Å²) in [7, 11) is 0. The number of hydrogen-bond acceptors (Lipinski definition) is 3. The van der Waals surface area contributed by atoms with Gasteiger partial charge in [-0.2, -0.15) is 0 Å². The number of esters is 1. The highest BCUT2D eigenvalue weighted by atomic mass is 35.5. The quantitative estimate of drug-likeness (QED) is 0.613. The van der Waals surface area contributed by atoms with Crippen LogP contribution in [0.4, 0.5) is 0 Å². The first-order valence-corrected chi connectivity index (χ1v) is 5.84. The van der Waals surface area contributed by atoms with Crippen molar-refractivity contribution >= 4 is 23.1 Å². The van der Waals surface area contributed by atoms with Crippen molar-refractivity contribution in [3.05, 3.63) is 41.7 Å². The van der Waals surface area contributed by atoms with Crippen LogP contribution < -0.4 is 0 Å². The van der Waals surface area contributed by atoms with E-state index in [1.165, 1.54) is 0 Å². The molecule has 2 rings (SSSR count). The van der Waals surface area contributed by atoms with Crippen molar-refractivity contribution in [2.45, 2.75) is 25.5 Å². The van der Waals surface area contributed by atoms with Crippen LogP contribution in [0.1, 0.15) is 19.4 Å². The van der Waals surface area contributed by atoms with Crippen LogP contribution in [-0.2, 0) is 14.3 Å². The van der Waals surface area contributed by atoms with E-state index in [-0.39, 0.29) is 6.10 Å². The zero-order valence-electron chi connectivity index (χ0n) is 9.64. The molecule has 3 nitrogen and oxygen atoms in total. The molecule has 1 atom stereocenters. The van der Waals surface area contributed by atoms with E-state index >= 15 is 0 Å². The van der Waals surface area contributed by atoms with E-state index in [1.807, 2.05) is 44.2 Å². The first-order chi connectivity index (χ1) is 8.09. The Balaban J connectivity index is 2.45. The summed E-state index contributed by atoms with van der Waals surface area (Å²) in [6, 6.07) is 9.24. The van der Waals surface area contributed by atoms with Crippen LogP contribution in [0.3, 0.4) is 0 Å². The van der Waals surface area contributed by atoms with E-state index in [0.717, 1.165) is 5.56 Å². The number of rotatable bonds is 3. The van der Waals surface area contributed by atoms with E-state index in [0.29, 0.717) is 11.3 Å². The van der Waals surface area contributed by atoms with Gasteiger partial charge in [-0.3, -0.25) is 0 Å². The van der Waals surface area contributed by atoms with Gasteiger partial charge in [0.05, 0.1) is 6.10 Å². The number of hydrogen-bond donors (Lipinski definition) is 0. The Morgan fingerprint density at radius 3 is 2.53 bits per heavy atom. The summed E-state index contributed by atoms with van der Waals surface area (Å²) in [6.07, 6.45) is -0.0561. The fourth-order valence-electron chi connectivity index (χ4n) is 1.65. The number of ether oxygens (including phenoxy) is 2. The lowest BCUT2D eigenvalue weighted by atomic mass is 10.1. The predicted octanol–water partition coefficient (Wildman–Crippen LogP) is 2.94. The van der Waals surface area contributed by atoms with Gasteiger partial charge < -0.3 is 9.47 Å². The molecule has 1 aliphatic heterocycles. The minimum absolute atomic E-state index is 0.0561. The van der Waals surface area contributed by atoms with E-state index in [4.69, 9.17) is 21.1 Å². The molecule has 0 amide bonds. The van der Waals surface area contributed by atoms with Gasteiger partial charge in [-0.05, 0) is 19.4 Å². The summed E-state index contributed by atoms with van der Waals surface area (Å²) >= 11 is 5.94. The van der Waals surface area contributed by atoms with Crippen LogP contribution in [0, 0.1) is 0 Å². The van der Waals surface area contributed by atoms with Crippen molar-refractivity contribution in [1.29, 1.82) is 0 Å². The molecular formula is C13H13ClO3. The molecule has 1 aromatic rings. The van der Waals surface area contributed by atoms with E-state index in [9.17, 15) is 4.79 Å². The number of carbonyl (C=O) groups excluding carboxylic acids is 1. The topological polar surface area (TPSA) is 35.5 Å². The monoisotopic (exact) mass is 252 g/mol. The van der Waals surface area contributed by atoms with E-state index < -0.39 is 11.5 Å². The smallest absolute Gasteiger partial charge is 0.344 e. The number of benzene rings is 1. The minimum Gasteiger partial charge on any atom is -0.489 e. The van der Waals surface area contributed by atoms with Gasteiger partial charge in [0.15, 0.2) is 5.76 Å². The van der Waals surface area contributed by atoms with Gasteiger partial charge in [0.2, 0.25) is 5.56 Å². The molecule has 1 aromatic carbocycles. The molecule has 0 spiro atoms. The van der Waals surface area contributed by atoms with Crippen molar-refractivity contribution in [2.75, 3.05) is 0 Å². The Bertz CT molecular complexity index is 451. The van der Waals surface area contributed by atoms with Crippen molar-refractivity contribution in [3.63, 3.8) is 0 Å². The molecule has 0 radical (unpaired) electrons. The molecular weight excluding hydrogens is 240 g/mol. The molecule has 0 aromatic heterocycles. The lowest BCUT2D eigenvalue weighted by Gasteiger charge is -2.13. The van der Waals surface area contributed by atoms with Crippen LogP contribution in [0.25, 0.3) is 5.57 Å². The molecule has 0 saturated carbocycles. The first kappa shape index (κ1) is 12.0. The van der Waals surface area contributed by atoms with Crippen molar-refractivity contribution in [3.8, 4) is 0 Å². The molecule has 1 heterocycles. The van der Waals surface area contributed by atoms with Crippen LogP contribution in [0.5, 0.6) is 0 Å². The molecule has 0 bridgehead atoms. The second-order valence-electron chi connectivity index (χ2n) is 3.99. The molecule has 1 aliphatic rings. The molecule has 17 heavy (non-hydrogen) atoms. The summed E-state index contributed by atoms with van der Waals surface area (Å²) in [5.41, 5.74) is 0.343. The van der Waals surface area contributed by atoms with E-state index in [1.54, 1.807) is 0 Å². The number of cyclic esters (lactones) is 1. The average Bonchev–Trinajstić information content (AvgIpc) is 2.54. The Hall–Kier alpha value is -1.48. The second kappa shape index (κ2) is 4.80. The predicted molar refractivity (Wildman–Crippen MR) is 65.3 cm³/mol. The SMILES string of the molecule is CC(C)OC1=C(c2ccccc2)C(=O)OC1Cl. The summed E-state index contributed by atoms with van der Waals surface area (Å²) in [4.78, 5) is 11.7. The summed E-state index contributed by atoms with van der Waals surface area (Å²) in [5, 5.41) is 0. The van der Waals surface area contributed by atoms with Gasteiger partial charge in [0.25, 0.3) is 0 Å². The molecule has 0 saturated heterocycles. The number of halogens is 1. The van der Waals surface area contributed by atoms with Crippen molar-refractivity contribution in [2.24, 2.45) is 0 Å². The molecule has 0 N–H and O–H groups in total. The van der Waals surface area contributed by atoms with Gasteiger partial charge in [0.1, 0.15) is 5.57 Å². The van der Waals surface area contributed by atoms with Gasteiger partial charge >= 0.3 is 5.97 Å². The standard InChI is InChI=1S/C13H13ClO3/c1-8(2)16-11-10(13(15)17-12(11)14)9-6-4-3-5-7-9/h3-8,12H,1-2H3. The Morgan fingerprint density at radius 1 is 1.29 bits per heavy atom. The molecule has 90 valence electrons. The molecule has 1 unspecified atom stereocenters. The Labute approximate surface area is 105 Å². The fraction of sp³-hybridized carbons (Fsp3) is 0.308. The lowest BCUT2D eigenvalue weighted by molar-refractivity contribution is -0.135. The van der Waals surface area contributed by atoms with Crippen molar-refractivity contribution < 1.29 is 14.3 Å². The summed E-state index contributed by atoms with van der Waals surface area (Å²) < 4.78 is 10.5. The van der Waals surface area contributed by atoms with E-state index in [2.05, 4.69) is 0 Å². The summed E-state index contributed by atoms with van der Waals surface area (Å²) in [5.74, 6) is -0.0373. The zero-order chi connectivity index (χ0) is 12.4. The van der Waals surface area contributed by atoms with Crippen LogP contribution in [-0.4, -0.2) is 17.6 Å². The maximum Gasteiger partial charge on any atom is 0.344 e. The normalized spacial score (nSPS) is 19.8. The third kappa shape index (κ3) is 2.44. The van der Waals surface area contributed by atoms with Crippen molar-refractivity contribution in [1.82, 2.24) is 0 Å². The second-order valence-corrected chi connectivity index (χ2v) is 4.39. The third-order valence-electron chi connectivity index (χ3n) is 2.29. The van der Waals surface area contributed by atoms with Gasteiger partial charge in [-0.25, -0.2) is 4.79 Å². The number of carbonyl (C=O) groups is 1. The van der Waals surface area contributed by atoms with Crippen LogP contribution in [0.15, 0.2) is 36.1 Å². The minimum atomic E-state index is -0.833. The average molecular weight is 253 g/mol. The highest BCUT2D eigenvalue weighted by Crippen LogP contribution is 2.33. The Kier molecular flexibility index (Phi) is 3.38. The molecule has 0 aliphatic carbocycles. The van der Waals surface area contributed by atoms with Crippen LogP contribution >= 0.6 is 11.6 Å². The Morgan fingerprint density at radius 2 is 1.94 bits per heavy atom. The highest BCUT2D eigenvalue weighted by Gasteiger charge is 2.35. The maximum atomic E-state index is 11.7. The third-order valence-corrected chi connectivity index (χ3v) is 2.58. The van der Waals surface area contributed by atoms with Crippen LogP contribution in [0.2, 0.25) is 0 Å². The largest absolute Gasteiger partial charge is 0.489 e. The summed E-state index contributed by atoms with van der Waals surface area (Å²) in [6.45, 7) is 3.75. The lowest BCUT2D eigenvalue weighted by Crippen LogP contribution is -2.09. The first-order valence-electron chi connectivity index (χ1n) is 5.41.